The van der Waals surface area contributed by atoms with Gasteiger partial charge in [-0.3, -0.25) is 4.79 Å². The summed E-state index contributed by atoms with van der Waals surface area (Å²) in [6.07, 6.45) is 2.60. The van der Waals surface area contributed by atoms with Crippen LogP contribution in [-0.2, 0) is 4.79 Å². The zero-order valence-electron chi connectivity index (χ0n) is 10.8. The number of aromatic nitrogens is 2. The lowest BCUT2D eigenvalue weighted by Gasteiger charge is -2.19. The second-order valence-electron chi connectivity index (χ2n) is 3.77. The molecule has 0 bridgehead atoms. The predicted octanol–water partition coefficient (Wildman–Crippen LogP) is 1.57. The maximum atomic E-state index is 10.6. The first kappa shape index (κ1) is 14.2. The van der Waals surface area contributed by atoms with Gasteiger partial charge in [-0.25, -0.2) is 4.98 Å². The highest BCUT2D eigenvalue weighted by atomic mass is 16.5. The summed E-state index contributed by atoms with van der Waals surface area (Å²) in [6.45, 7) is 5.61. The summed E-state index contributed by atoms with van der Waals surface area (Å²) in [5.41, 5.74) is 0. The first-order valence-corrected chi connectivity index (χ1v) is 6.10. The van der Waals surface area contributed by atoms with Crippen LogP contribution in [0.5, 0.6) is 5.88 Å². The predicted molar refractivity (Wildman–Crippen MR) is 68.0 cm³/mol. The van der Waals surface area contributed by atoms with Crippen molar-refractivity contribution in [1.82, 2.24) is 9.97 Å². The van der Waals surface area contributed by atoms with Crippen LogP contribution in [0.4, 0.5) is 5.95 Å². The average molecular weight is 253 g/mol. The summed E-state index contributed by atoms with van der Waals surface area (Å²) in [6, 6.07) is 1.70. The Morgan fingerprint density at radius 1 is 1.50 bits per heavy atom. The standard InChI is InChI=1S/C12H19N3O3/c1-3-9-18-10-5-7-13-12(14-10)15(4-2)8-6-11(16)17/h5,7H,3-4,6,8-9H2,1-2H3,(H,16,17). The molecule has 18 heavy (non-hydrogen) atoms. The number of hydrogen-bond donors (Lipinski definition) is 1. The van der Waals surface area contributed by atoms with E-state index in [1.165, 1.54) is 0 Å². The molecule has 1 aromatic heterocycles. The summed E-state index contributed by atoms with van der Waals surface area (Å²) in [5.74, 6) is 0.204. The van der Waals surface area contributed by atoms with E-state index in [9.17, 15) is 4.79 Å². The van der Waals surface area contributed by atoms with Crippen LogP contribution in [0.15, 0.2) is 12.3 Å². The van der Waals surface area contributed by atoms with Gasteiger partial charge in [-0.15, -0.1) is 0 Å². The number of hydrogen-bond acceptors (Lipinski definition) is 5. The van der Waals surface area contributed by atoms with Gasteiger partial charge in [0.05, 0.1) is 13.0 Å². The Bertz CT molecular complexity index is 385. The molecule has 0 atom stereocenters. The van der Waals surface area contributed by atoms with Crippen LogP contribution in [0, 0.1) is 0 Å². The van der Waals surface area contributed by atoms with E-state index in [1.807, 2.05) is 18.7 Å². The quantitative estimate of drug-likeness (QED) is 0.757. The maximum absolute atomic E-state index is 10.6. The van der Waals surface area contributed by atoms with E-state index in [4.69, 9.17) is 9.84 Å². The van der Waals surface area contributed by atoms with Gasteiger partial charge in [0, 0.05) is 25.4 Å². The summed E-state index contributed by atoms with van der Waals surface area (Å²) in [7, 11) is 0. The molecule has 0 aliphatic rings. The third kappa shape index (κ3) is 4.57. The van der Waals surface area contributed by atoms with Crippen molar-refractivity contribution in [3.05, 3.63) is 12.3 Å². The van der Waals surface area contributed by atoms with Gasteiger partial charge in [-0.05, 0) is 13.3 Å². The molecular weight excluding hydrogens is 234 g/mol. The molecule has 0 aliphatic heterocycles. The lowest BCUT2D eigenvalue weighted by atomic mass is 10.4. The number of aliphatic carboxylic acids is 1. The average Bonchev–Trinajstić information content (AvgIpc) is 2.37. The smallest absolute Gasteiger partial charge is 0.305 e. The topological polar surface area (TPSA) is 75.5 Å². The van der Waals surface area contributed by atoms with Crippen molar-refractivity contribution >= 4 is 11.9 Å². The largest absolute Gasteiger partial charge is 0.481 e. The van der Waals surface area contributed by atoms with Gasteiger partial charge >= 0.3 is 5.97 Å². The van der Waals surface area contributed by atoms with Crippen LogP contribution in [0.2, 0.25) is 0 Å². The first-order valence-electron chi connectivity index (χ1n) is 6.10. The van der Waals surface area contributed by atoms with Crippen molar-refractivity contribution in [2.45, 2.75) is 26.7 Å². The molecule has 6 heteroatoms. The van der Waals surface area contributed by atoms with Gasteiger partial charge in [0.25, 0.3) is 0 Å². The van der Waals surface area contributed by atoms with Gasteiger partial charge < -0.3 is 14.7 Å². The molecule has 0 radical (unpaired) electrons. The van der Waals surface area contributed by atoms with Crippen molar-refractivity contribution in [2.75, 3.05) is 24.6 Å². The first-order chi connectivity index (χ1) is 8.67. The molecule has 6 nitrogen and oxygen atoms in total. The Hall–Kier alpha value is -1.85. The fraction of sp³-hybridized carbons (Fsp3) is 0.583. The molecule has 1 rings (SSSR count). The Morgan fingerprint density at radius 3 is 2.89 bits per heavy atom. The Morgan fingerprint density at radius 2 is 2.28 bits per heavy atom. The van der Waals surface area contributed by atoms with E-state index in [2.05, 4.69) is 9.97 Å². The Kier molecular flexibility index (Phi) is 5.90. The molecule has 1 aromatic rings. The van der Waals surface area contributed by atoms with Crippen LogP contribution in [0.25, 0.3) is 0 Å². The van der Waals surface area contributed by atoms with Crippen LogP contribution in [-0.4, -0.2) is 40.7 Å². The van der Waals surface area contributed by atoms with Crippen molar-refractivity contribution in [3.8, 4) is 5.88 Å². The number of carboxylic acids is 1. The van der Waals surface area contributed by atoms with Gasteiger partial charge in [0.1, 0.15) is 0 Å². The fourth-order valence-corrected chi connectivity index (χ4v) is 1.40. The van der Waals surface area contributed by atoms with Gasteiger partial charge in [0.2, 0.25) is 11.8 Å². The van der Waals surface area contributed by atoms with Crippen LogP contribution >= 0.6 is 0 Å². The molecule has 0 unspecified atom stereocenters. The zero-order chi connectivity index (χ0) is 13.4. The summed E-state index contributed by atoms with van der Waals surface area (Å²) in [4.78, 5) is 20.8. The lowest BCUT2D eigenvalue weighted by molar-refractivity contribution is -0.136. The van der Waals surface area contributed by atoms with Crippen molar-refractivity contribution < 1.29 is 14.6 Å². The molecule has 0 saturated heterocycles. The van der Waals surface area contributed by atoms with Crippen molar-refractivity contribution in [1.29, 1.82) is 0 Å². The number of carbonyl (C=O) groups is 1. The Labute approximate surface area is 107 Å². The monoisotopic (exact) mass is 253 g/mol. The molecule has 0 fully saturated rings. The van der Waals surface area contributed by atoms with E-state index in [-0.39, 0.29) is 6.42 Å². The molecule has 0 spiro atoms. The van der Waals surface area contributed by atoms with Crippen LogP contribution in [0.1, 0.15) is 26.7 Å². The summed E-state index contributed by atoms with van der Waals surface area (Å²) in [5, 5.41) is 8.68. The molecule has 0 amide bonds. The minimum Gasteiger partial charge on any atom is -0.481 e. The SMILES string of the molecule is CCCOc1ccnc(N(CC)CCC(=O)O)n1. The molecule has 100 valence electrons. The third-order valence-corrected chi connectivity index (χ3v) is 2.33. The minimum absolute atomic E-state index is 0.0667. The fourth-order valence-electron chi connectivity index (χ4n) is 1.40. The molecule has 0 saturated carbocycles. The highest BCUT2D eigenvalue weighted by Gasteiger charge is 2.10. The highest BCUT2D eigenvalue weighted by molar-refractivity contribution is 5.67. The minimum atomic E-state index is -0.827. The highest BCUT2D eigenvalue weighted by Crippen LogP contribution is 2.13. The number of rotatable bonds is 8. The van der Waals surface area contributed by atoms with E-state index < -0.39 is 5.97 Å². The van der Waals surface area contributed by atoms with E-state index in [0.29, 0.717) is 31.5 Å². The summed E-state index contributed by atoms with van der Waals surface area (Å²) < 4.78 is 5.42. The maximum Gasteiger partial charge on any atom is 0.305 e. The number of anilines is 1. The molecular formula is C12H19N3O3. The second-order valence-corrected chi connectivity index (χ2v) is 3.77. The normalized spacial score (nSPS) is 10.1. The van der Waals surface area contributed by atoms with E-state index >= 15 is 0 Å². The Balaban J connectivity index is 2.69. The van der Waals surface area contributed by atoms with E-state index in [1.54, 1.807) is 12.3 Å². The number of nitrogens with zero attached hydrogens (tertiary/aromatic N) is 3. The molecule has 0 aromatic carbocycles. The van der Waals surface area contributed by atoms with Gasteiger partial charge in [0.15, 0.2) is 0 Å². The van der Waals surface area contributed by atoms with E-state index in [0.717, 1.165) is 6.42 Å². The zero-order valence-corrected chi connectivity index (χ0v) is 10.8. The number of ether oxygens (including phenoxy) is 1. The van der Waals surface area contributed by atoms with Gasteiger partial charge in [-0.1, -0.05) is 6.92 Å². The third-order valence-electron chi connectivity index (χ3n) is 2.33. The van der Waals surface area contributed by atoms with Crippen molar-refractivity contribution in [2.24, 2.45) is 0 Å². The van der Waals surface area contributed by atoms with Gasteiger partial charge in [-0.2, -0.15) is 4.98 Å². The summed E-state index contributed by atoms with van der Waals surface area (Å²) >= 11 is 0. The number of carboxylic acid groups (broad SMARTS) is 1. The van der Waals surface area contributed by atoms with Crippen LogP contribution in [0.3, 0.4) is 0 Å². The molecule has 0 aliphatic carbocycles. The van der Waals surface area contributed by atoms with Crippen molar-refractivity contribution in [3.63, 3.8) is 0 Å². The lowest BCUT2D eigenvalue weighted by Crippen LogP contribution is -2.27. The molecule has 1 N–H and O–H groups in total. The van der Waals surface area contributed by atoms with Crippen LogP contribution < -0.4 is 9.64 Å². The second kappa shape index (κ2) is 7.47. The molecule has 1 heterocycles.